The minimum Gasteiger partial charge on any atom is -0.497 e. The normalized spacial score (nSPS) is 10.2. The molecule has 0 fully saturated rings. The van der Waals surface area contributed by atoms with Crippen LogP contribution in [0.5, 0.6) is 11.5 Å². The average Bonchev–Trinajstić information content (AvgIpc) is 2.60. The second kappa shape index (κ2) is 8.28. The lowest BCUT2D eigenvalue weighted by Gasteiger charge is -2.12. The number of halogens is 1. The molecule has 1 amide bonds. The molecule has 0 aromatic heterocycles. The summed E-state index contributed by atoms with van der Waals surface area (Å²) in [5, 5.41) is 2.65. The third-order valence-corrected chi connectivity index (χ3v) is 3.65. The summed E-state index contributed by atoms with van der Waals surface area (Å²) >= 11 is 0. The Morgan fingerprint density at radius 1 is 1.16 bits per heavy atom. The zero-order valence-corrected chi connectivity index (χ0v) is 14.4. The molecule has 1 N–H and O–H groups in total. The van der Waals surface area contributed by atoms with Crippen LogP contribution in [0, 0.1) is 12.7 Å². The first-order valence-electron chi connectivity index (χ1n) is 7.74. The summed E-state index contributed by atoms with van der Waals surface area (Å²) in [6.07, 6.45) is 0. The predicted molar refractivity (Wildman–Crippen MR) is 91.5 cm³/mol. The highest BCUT2D eigenvalue weighted by Gasteiger charge is 2.12. The van der Waals surface area contributed by atoms with Gasteiger partial charge >= 0.3 is 0 Å². The molecule has 6 heteroatoms. The van der Waals surface area contributed by atoms with Gasteiger partial charge in [0.25, 0.3) is 5.91 Å². The van der Waals surface area contributed by atoms with E-state index in [2.05, 4.69) is 5.32 Å². The summed E-state index contributed by atoms with van der Waals surface area (Å²) in [5.41, 5.74) is 1.57. The molecule has 5 nitrogen and oxygen atoms in total. The van der Waals surface area contributed by atoms with Crippen LogP contribution < -0.4 is 14.8 Å². The molecular weight excluding hydrogens is 325 g/mol. The quantitative estimate of drug-likeness (QED) is 0.784. The fourth-order valence-electron chi connectivity index (χ4n) is 2.18. The van der Waals surface area contributed by atoms with Gasteiger partial charge in [-0.3, -0.25) is 9.59 Å². The van der Waals surface area contributed by atoms with Gasteiger partial charge in [-0.1, -0.05) is 12.1 Å². The lowest BCUT2D eigenvalue weighted by Crippen LogP contribution is -2.28. The van der Waals surface area contributed by atoms with E-state index in [1.165, 1.54) is 20.1 Å². The van der Waals surface area contributed by atoms with E-state index >= 15 is 0 Å². The first kappa shape index (κ1) is 18.4. The molecule has 0 unspecified atom stereocenters. The van der Waals surface area contributed by atoms with Gasteiger partial charge in [0.1, 0.15) is 17.3 Å². The van der Waals surface area contributed by atoms with Gasteiger partial charge in [-0.15, -0.1) is 0 Å². The number of amides is 1. The number of methoxy groups -OCH3 is 1. The zero-order valence-electron chi connectivity index (χ0n) is 14.4. The molecule has 0 spiro atoms. The van der Waals surface area contributed by atoms with Gasteiger partial charge in [0.2, 0.25) is 0 Å². The van der Waals surface area contributed by atoms with Crippen molar-refractivity contribution in [1.82, 2.24) is 5.32 Å². The number of benzene rings is 2. The Labute approximate surface area is 145 Å². The van der Waals surface area contributed by atoms with Crippen molar-refractivity contribution < 1.29 is 23.5 Å². The molecule has 0 saturated carbocycles. The number of hydrogen-bond acceptors (Lipinski definition) is 4. The molecule has 0 bridgehead atoms. The summed E-state index contributed by atoms with van der Waals surface area (Å²) in [5.74, 6) is -0.0594. The van der Waals surface area contributed by atoms with Crippen LogP contribution in [0.2, 0.25) is 0 Å². The topological polar surface area (TPSA) is 64.6 Å². The summed E-state index contributed by atoms with van der Waals surface area (Å²) in [6, 6.07) is 9.57. The van der Waals surface area contributed by atoms with E-state index < -0.39 is 0 Å². The average molecular weight is 345 g/mol. The molecule has 0 aliphatic rings. The van der Waals surface area contributed by atoms with Crippen LogP contribution in [0.4, 0.5) is 4.39 Å². The Morgan fingerprint density at radius 3 is 2.56 bits per heavy atom. The van der Waals surface area contributed by atoms with Crippen LogP contribution in [-0.2, 0) is 11.3 Å². The first-order valence-corrected chi connectivity index (χ1v) is 7.74. The third kappa shape index (κ3) is 5.04. The molecule has 0 aliphatic carbocycles. The molecule has 0 aliphatic heterocycles. The van der Waals surface area contributed by atoms with Crippen molar-refractivity contribution in [2.45, 2.75) is 20.4 Å². The van der Waals surface area contributed by atoms with Crippen molar-refractivity contribution in [2.24, 2.45) is 0 Å². The van der Waals surface area contributed by atoms with Gasteiger partial charge in [-0.05, 0) is 43.2 Å². The van der Waals surface area contributed by atoms with Crippen LogP contribution in [0.25, 0.3) is 0 Å². The Balaban J connectivity index is 1.95. The number of ether oxygens (including phenoxy) is 2. The van der Waals surface area contributed by atoms with Gasteiger partial charge in [0.15, 0.2) is 12.4 Å². The van der Waals surface area contributed by atoms with Crippen molar-refractivity contribution in [3.63, 3.8) is 0 Å². The SMILES string of the molecule is COc1ccc(C(C)=O)c(OCC(=O)NCc2ccc(C)c(F)c2)c1. The van der Waals surface area contributed by atoms with E-state index in [0.717, 1.165) is 0 Å². The summed E-state index contributed by atoms with van der Waals surface area (Å²) in [4.78, 5) is 23.6. The van der Waals surface area contributed by atoms with Crippen LogP contribution in [0.3, 0.4) is 0 Å². The second-order valence-corrected chi connectivity index (χ2v) is 5.57. The van der Waals surface area contributed by atoms with Crippen LogP contribution in [0.1, 0.15) is 28.4 Å². The van der Waals surface area contributed by atoms with Gasteiger partial charge in [-0.25, -0.2) is 4.39 Å². The Kier molecular flexibility index (Phi) is 6.11. The maximum absolute atomic E-state index is 13.5. The molecule has 0 saturated heterocycles. The fourth-order valence-corrected chi connectivity index (χ4v) is 2.18. The predicted octanol–water partition coefficient (Wildman–Crippen LogP) is 3.04. The maximum atomic E-state index is 13.5. The Bertz CT molecular complexity index is 789. The zero-order chi connectivity index (χ0) is 18.4. The van der Waals surface area contributed by atoms with E-state index in [4.69, 9.17) is 9.47 Å². The third-order valence-electron chi connectivity index (χ3n) is 3.65. The van der Waals surface area contributed by atoms with E-state index in [1.54, 1.807) is 37.3 Å². The number of carbonyl (C=O) groups is 2. The molecule has 0 radical (unpaired) electrons. The van der Waals surface area contributed by atoms with Gasteiger partial charge < -0.3 is 14.8 Å². The number of aryl methyl sites for hydroxylation is 1. The highest BCUT2D eigenvalue weighted by atomic mass is 19.1. The molecule has 2 aromatic rings. The number of carbonyl (C=O) groups excluding carboxylic acids is 2. The number of ketones is 1. The second-order valence-electron chi connectivity index (χ2n) is 5.57. The van der Waals surface area contributed by atoms with Crippen molar-refractivity contribution in [3.8, 4) is 11.5 Å². The summed E-state index contributed by atoms with van der Waals surface area (Å²) in [7, 11) is 1.50. The molecule has 2 rings (SSSR count). The van der Waals surface area contributed by atoms with Crippen molar-refractivity contribution in [3.05, 3.63) is 58.9 Å². The van der Waals surface area contributed by atoms with Gasteiger partial charge in [0.05, 0.1) is 12.7 Å². The maximum Gasteiger partial charge on any atom is 0.258 e. The smallest absolute Gasteiger partial charge is 0.258 e. The molecule has 132 valence electrons. The number of Topliss-reactive ketones (excluding diaryl/α,β-unsaturated/α-hetero) is 1. The van der Waals surface area contributed by atoms with Crippen LogP contribution >= 0.6 is 0 Å². The fraction of sp³-hybridized carbons (Fsp3) is 0.263. The van der Waals surface area contributed by atoms with Crippen molar-refractivity contribution >= 4 is 11.7 Å². The Hall–Kier alpha value is -2.89. The molecule has 2 aromatic carbocycles. The minimum absolute atomic E-state index is 0.173. The lowest BCUT2D eigenvalue weighted by atomic mass is 10.1. The largest absolute Gasteiger partial charge is 0.497 e. The molecular formula is C19H20FNO4. The number of rotatable bonds is 7. The molecule has 0 atom stereocenters. The van der Waals surface area contributed by atoms with Crippen molar-refractivity contribution in [2.75, 3.05) is 13.7 Å². The molecule has 25 heavy (non-hydrogen) atoms. The van der Waals surface area contributed by atoms with Crippen molar-refractivity contribution in [1.29, 1.82) is 0 Å². The lowest BCUT2D eigenvalue weighted by molar-refractivity contribution is -0.123. The first-order chi connectivity index (χ1) is 11.9. The highest BCUT2D eigenvalue weighted by Crippen LogP contribution is 2.25. The standard InChI is InChI=1S/C19H20FNO4/c1-12-4-5-14(8-17(12)20)10-21-19(23)11-25-18-9-15(24-3)6-7-16(18)13(2)22/h4-9H,10-11H2,1-3H3,(H,21,23). The van der Waals surface area contributed by atoms with Crippen LogP contribution in [0.15, 0.2) is 36.4 Å². The number of hydrogen-bond donors (Lipinski definition) is 1. The van der Waals surface area contributed by atoms with E-state index in [0.29, 0.717) is 22.4 Å². The van der Waals surface area contributed by atoms with Gasteiger partial charge in [0, 0.05) is 12.6 Å². The van der Waals surface area contributed by atoms with Crippen LogP contribution in [-0.4, -0.2) is 25.4 Å². The summed E-state index contributed by atoms with van der Waals surface area (Å²) < 4.78 is 24.0. The van der Waals surface area contributed by atoms with Gasteiger partial charge in [-0.2, -0.15) is 0 Å². The van der Waals surface area contributed by atoms with E-state index in [1.807, 2.05) is 0 Å². The summed E-state index contributed by atoms with van der Waals surface area (Å²) in [6.45, 7) is 3.02. The highest BCUT2D eigenvalue weighted by molar-refractivity contribution is 5.97. The molecule has 0 heterocycles. The van der Waals surface area contributed by atoms with E-state index in [9.17, 15) is 14.0 Å². The minimum atomic E-state index is -0.377. The number of nitrogens with one attached hydrogen (secondary N) is 1. The Morgan fingerprint density at radius 2 is 1.92 bits per heavy atom. The monoisotopic (exact) mass is 345 g/mol. The van der Waals surface area contributed by atoms with E-state index in [-0.39, 0.29) is 36.4 Å².